The van der Waals surface area contributed by atoms with Crippen molar-refractivity contribution in [3.63, 3.8) is 0 Å². The van der Waals surface area contributed by atoms with Crippen LogP contribution in [0.15, 0.2) is 0 Å². The summed E-state index contributed by atoms with van der Waals surface area (Å²) in [4.78, 5) is 10.6. The van der Waals surface area contributed by atoms with Crippen molar-refractivity contribution >= 4 is 0 Å². The predicted octanol–water partition coefficient (Wildman–Crippen LogP) is 0.235. The van der Waals surface area contributed by atoms with E-state index >= 15 is 0 Å². The summed E-state index contributed by atoms with van der Waals surface area (Å²) in [7, 11) is 0. The lowest BCUT2D eigenvalue weighted by atomic mass is 9.87. The van der Waals surface area contributed by atoms with E-state index in [1.54, 1.807) is 0 Å². The number of rotatable bonds is 2. The van der Waals surface area contributed by atoms with Gasteiger partial charge in [0.1, 0.15) is 6.61 Å². The lowest BCUT2D eigenvalue weighted by Gasteiger charge is -2.32. The largest absolute Gasteiger partial charge is 0.359 e. The van der Waals surface area contributed by atoms with Gasteiger partial charge in [-0.05, 0) is 0 Å². The third kappa shape index (κ3) is 1.42. The molecule has 0 aromatic heterocycles. The van der Waals surface area contributed by atoms with E-state index in [0.717, 1.165) is 0 Å². The maximum Gasteiger partial charge on any atom is 0.259 e. The van der Waals surface area contributed by atoms with Gasteiger partial charge in [-0.25, -0.2) is 0 Å². The highest BCUT2D eigenvalue weighted by Crippen LogP contribution is 2.22. The Bertz CT molecular complexity index is 175. The van der Waals surface area contributed by atoms with Crippen LogP contribution >= 0.6 is 0 Å². The summed E-state index contributed by atoms with van der Waals surface area (Å²) in [5.41, 5.74) is -0.932. The van der Waals surface area contributed by atoms with Gasteiger partial charge in [0.25, 0.3) is 5.54 Å². The van der Waals surface area contributed by atoms with Crippen LogP contribution in [0, 0.1) is 16.0 Å². The standard InChI is InChI=1S/C7H14N2O3/c1-6(2)7(9(10)11)3-8-5-12-4-7/h6,8H,3-5H2,1-2H3. The molecule has 1 N–H and O–H groups in total. The fourth-order valence-corrected chi connectivity index (χ4v) is 1.32. The average Bonchev–Trinajstić information content (AvgIpc) is 2.05. The number of nitrogens with zero attached hydrogens (tertiary/aromatic N) is 1. The van der Waals surface area contributed by atoms with E-state index in [2.05, 4.69) is 5.32 Å². The van der Waals surface area contributed by atoms with Crippen molar-refractivity contribution in [3.05, 3.63) is 10.1 Å². The van der Waals surface area contributed by atoms with Crippen LogP contribution in [0.4, 0.5) is 0 Å². The van der Waals surface area contributed by atoms with Gasteiger partial charge in [-0.3, -0.25) is 15.4 Å². The van der Waals surface area contributed by atoms with Crippen molar-refractivity contribution in [2.45, 2.75) is 19.4 Å². The van der Waals surface area contributed by atoms with Crippen molar-refractivity contribution < 1.29 is 9.66 Å². The maximum absolute atomic E-state index is 10.8. The highest BCUT2D eigenvalue weighted by Gasteiger charge is 2.47. The number of nitrogens with one attached hydrogen (secondary N) is 1. The summed E-state index contributed by atoms with van der Waals surface area (Å²) in [5, 5.41) is 13.7. The normalized spacial score (nSPS) is 30.6. The smallest absolute Gasteiger partial charge is 0.259 e. The van der Waals surface area contributed by atoms with Crippen LogP contribution in [-0.2, 0) is 4.74 Å². The van der Waals surface area contributed by atoms with Gasteiger partial charge < -0.3 is 4.74 Å². The first-order valence-electron chi connectivity index (χ1n) is 4.02. The molecule has 0 aliphatic carbocycles. The molecule has 70 valence electrons. The fourth-order valence-electron chi connectivity index (χ4n) is 1.32. The zero-order valence-corrected chi connectivity index (χ0v) is 7.37. The van der Waals surface area contributed by atoms with Gasteiger partial charge in [-0.1, -0.05) is 13.8 Å². The molecular weight excluding hydrogens is 160 g/mol. The highest BCUT2D eigenvalue weighted by atomic mass is 16.6. The van der Waals surface area contributed by atoms with Gasteiger partial charge in [-0.2, -0.15) is 0 Å². The van der Waals surface area contributed by atoms with Crippen LogP contribution in [0.3, 0.4) is 0 Å². The number of ether oxygens (including phenoxy) is 1. The van der Waals surface area contributed by atoms with Gasteiger partial charge in [0, 0.05) is 10.8 Å². The Kier molecular flexibility index (Phi) is 2.64. The molecule has 0 radical (unpaired) electrons. The third-order valence-electron chi connectivity index (χ3n) is 2.43. The Morgan fingerprint density at radius 3 is 2.58 bits per heavy atom. The second-order valence-corrected chi connectivity index (χ2v) is 3.43. The topological polar surface area (TPSA) is 64.4 Å². The SMILES string of the molecule is CC(C)C1([N+](=O)[O-])CNCOC1. The number of hydrogen-bond acceptors (Lipinski definition) is 4. The van der Waals surface area contributed by atoms with E-state index in [4.69, 9.17) is 4.74 Å². The summed E-state index contributed by atoms with van der Waals surface area (Å²) < 4.78 is 5.06. The number of nitro groups is 1. The molecular formula is C7H14N2O3. The van der Waals surface area contributed by atoms with E-state index in [1.165, 1.54) is 0 Å². The molecule has 1 atom stereocenters. The van der Waals surface area contributed by atoms with Crippen molar-refractivity contribution in [1.29, 1.82) is 0 Å². The van der Waals surface area contributed by atoms with Crippen LogP contribution in [0.25, 0.3) is 0 Å². The minimum atomic E-state index is -0.932. The van der Waals surface area contributed by atoms with Crippen molar-refractivity contribution in [2.75, 3.05) is 19.9 Å². The molecule has 0 amide bonds. The fraction of sp³-hybridized carbons (Fsp3) is 1.00. The van der Waals surface area contributed by atoms with Crippen LogP contribution in [-0.4, -0.2) is 30.3 Å². The zero-order chi connectivity index (χ0) is 9.19. The molecule has 0 bridgehead atoms. The molecule has 5 nitrogen and oxygen atoms in total. The molecule has 0 saturated carbocycles. The zero-order valence-electron chi connectivity index (χ0n) is 7.37. The van der Waals surface area contributed by atoms with E-state index in [0.29, 0.717) is 13.3 Å². The summed E-state index contributed by atoms with van der Waals surface area (Å²) in [6.07, 6.45) is 0. The van der Waals surface area contributed by atoms with Crippen LogP contribution in [0.5, 0.6) is 0 Å². The van der Waals surface area contributed by atoms with Crippen LogP contribution < -0.4 is 5.32 Å². The van der Waals surface area contributed by atoms with Gasteiger partial charge in [0.15, 0.2) is 0 Å². The molecule has 1 rings (SSSR count). The Balaban J connectivity index is 2.77. The highest BCUT2D eigenvalue weighted by molar-refractivity contribution is 4.86. The molecule has 1 heterocycles. The maximum atomic E-state index is 10.8. The quantitative estimate of drug-likeness (QED) is 0.481. The first-order chi connectivity index (χ1) is 5.59. The number of hydrogen-bond donors (Lipinski definition) is 1. The molecule has 0 aromatic carbocycles. The summed E-state index contributed by atoms with van der Waals surface area (Å²) in [5.74, 6) is -0.0136. The summed E-state index contributed by atoms with van der Waals surface area (Å²) >= 11 is 0. The van der Waals surface area contributed by atoms with Crippen molar-refractivity contribution in [2.24, 2.45) is 5.92 Å². The van der Waals surface area contributed by atoms with E-state index in [1.807, 2.05) is 13.8 Å². The molecule has 1 saturated heterocycles. The van der Waals surface area contributed by atoms with E-state index in [-0.39, 0.29) is 17.4 Å². The van der Waals surface area contributed by atoms with Gasteiger partial charge in [-0.15, -0.1) is 0 Å². The molecule has 1 fully saturated rings. The molecule has 5 heteroatoms. The first-order valence-corrected chi connectivity index (χ1v) is 4.02. The van der Waals surface area contributed by atoms with E-state index in [9.17, 15) is 10.1 Å². The molecule has 12 heavy (non-hydrogen) atoms. The Morgan fingerprint density at radius 2 is 2.33 bits per heavy atom. The third-order valence-corrected chi connectivity index (χ3v) is 2.43. The lowest BCUT2D eigenvalue weighted by Crippen LogP contribution is -2.58. The van der Waals surface area contributed by atoms with Crippen molar-refractivity contribution in [1.82, 2.24) is 5.32 Å². The summed E-state index contributed by atoms with van der Waals surface area (Å²) in [6.45, 7) is 4.73. The van der Waals surface area contributed by atoms with Gasteiger partial charge in [0.05, 0.1) is 13.3 Å². The Hall–Kier alpha value is -0.680. The minimum Gasteiger partial charge on any atom is -0.359 e. The van der Waals surface area contributed by atoms with Crippen LogP contribution in [0.1, 0.15) is 13.8 Å². The van der Waals surface area contributed by atoms with Crippen LogP contribution in [0.2, 0.25) is 0 Å². The summed E-state index contributed by atoms with van der Waals surface area (Å²) in [6, 6.07) is 0. The van der Waals surface area contributed by atoms with Crippen molar-refractivity contribution in [3.8, 4) is 0 Å². The predicted molar refractivity (Wildman–Crippen MR) is 43.4 cm³/mol. The molecule has 1 aliphatic heterocycles. The first kappa shape index (κ1) is 9.41. The molecule has 0 aromatic rings. The molecule has 0 spiro atoms. The second-order valence-electron chi connectivity index (χ2n) is 3.43. The Morgan fingerprint density at radius 1 is 1.67 bits per heavy atom. The van der Waals surface area contributed by atoms with Gasteiger partial charge >= 0.3 is 0 Å². The minimum absolute atomic E-state index is 0.0136. The van der Waals surface area contributed by atoms with E-state index < -0.39 is 5.54 Å². The second kappa shape index (κ2) is 3.37. The lowest BCUT2D eigenvalue weighted by molar-refractivity contribution is -0.585. The monoisotopic (exact) mass is 174 g/mol. The molecule has 1 unspecified atom stereocenters. The van der Waals surface area contributed by atoms with Gasteiger partial charge in [0.2, 0.25) is 0 Å². The Labute approximate surface area is 71.2 Å². The average molecular weight is 174 g/mol. The molecule has 1 aliphatic rings.